The van der Waals surface area contributed by atoms with Crippen LogP contribution in [0.3, 0.4) is 0 Å². The van der Waals surface area contributed by atoms with Crippen LogP contribution >= 0.6 is 23.1 Å². The zero-order chi connectivity index (χ0) is 15.2. The number of thioether (sulfide) groups is 1. The van der Waals surface area contributed by atoms with Crippen LogP contribution in [0.2, 0.25) is 0 Å². The summed E-state index contributed by atoms with van der Waals surface area (Å²) in [6, 6.07) is 0. The van der Waals surface area contributed by atoms with Crippen LogP contribution in [-0.2, 0) is 9.53 Å². The lowest BCUT2D eigenvalue weighted by molar-refractivity contribution is -0.148. The van der Waals surface area contributed by atoms with Crippen molar-refractivity contribution < 1.29 is 9.53 Å². The highest BCUT2D eigenvalue weighted by atomic mass is 32.2. The second kappa shape index (κ2) is 7.80. The summed E-state index contributed by atoms with van der Waals surface area (Å²) in [6.07, 6.45) is 1.62. The third kappa shape index (κ3) is 4.60. The Bertz CT molecular complexity index is 439. The average molecular weight is 318 g/mol. The van der Waals surface area contributed by atoms with Crippen molar-refractivity contribution in [2.24, 2.45) is 0 Å². The van der Waals surface area contributed by atoms with Crippen LogP contribution in [0.1, 0.15) is 19.8 Å². The zero-order valence-electron chi connectivity index (χ0n) is 12.6. The highest BCUT2D eigenvalue weighted by Crippen LogP contribution is 2.28. The van der Waals surface area contributed by atoms with E-state index in [1.54, 1.807) is 30.1 Å². The molecule has 6 nitrogen and oxygen atoms in total. The van der Waals surface area contributed by atoms with Gasteiger partial charge < -0.3 is 15.0 Å². The van der Waals surface area contributed by atoms with E-state index in [4.69, 9.17) is 4.74 Å². The SMILES string of the molecule is CNC(C)(CCCSc1nnc(N(C)C)s1)C(=O)OC. The van der Waals surface area contributed by atoms with Gasteiger partial charge in [0.15, 0.2) is 4.34 Å². The standard InChI is InChI=1S/C12H22N4O2S2/c1-12(13-2,9(17)18-5)7-6-8-19-11-15-14-10(20-11)16(3)4/h13H,6-8H2,1-5H3. The number of carbonyl (C=O) groups excluding carboxylic acids is 1. The molecule has 0 amide bonds. The van der Waals surface area contributed by atoms with Crippen LogP contribution in [0.15, 0.2) is 4.34 Å². The van der Waals surface area contributed by atoms with E-state index in [9.17, 15) is 4.79 Å². The topological polar surface area (TPSA) is 67.4 Å². The third-order valence-electron chi connectivity index (χ3n) is 3.01. The fourth-order valence-electron chi connectivity index (χ4n) is 1.58. The van der Waals surface area contributed by atoms with Gasteiger partial charge in [-0.3, -0.25) is 4.79 Å². The number of ether oxygens (including phenoxy) is 1. The molecular weight excluding hydrogens is 296 g/mol. The monoisotopic (exact) mass is 318 g/mol. The van der Waals surface area contributed by atoms with Gasteiger partial charge in [0.2, 0.25) is 5.13 Å². The highest BCUT2D eigenvalue weighted by Gasteiger charge is 2.31. The molecule has 0 aliphatic heterocycles. The molecule has 0 saturated heterocycles. The number of nitrogens with zero attached hydrogens (tertiary/aromatic N) is 3. The number of methoxy groups -OCH3 is 1. The molecule has 1 unspecified atom stereocenters. The van der Waals surface area contributed by atoms with Gasteiger partial charge in [-0.15, -0.1) is 10.2 Å². The lowest BCUT2D eigenvalue weighted by Gasteiger charge is -2.25. The number of esters is 1. The molecule has 1 atom stereocenters. The summed E-state index contributed by atoms with van der Waals surface area (Å²) in [7, 11) is 7.09. The maximum absolute atomic E-state index is 11.7. The Morgan fingerprint density at radius 2 is 2.20 bits per heavy atom. The fourth-order valence-corrected chi connectivity index (χ4v) is 3.35. The van der Waals surface area contributed by atoms with E-state index in [1.165, 1.54) is 7.11 Å². The predicted octanol–water partition coefficient (Wildman–Crippen LogP) is 1.63. The van der Waals surface area contributed by atoms with Crippen molar-refractivity contribution in [2.45, 2.75) is 29.6 Å². The van der Waals surface area contributed by atoms with E-state index < -0.39 is 5.54 Å². The van der Waals surface area contributed by atoms with Crippen molar-refractivity contribution in [2.75, 3.05) is 38.9 Å². The predicted molar refractivity (Wildman–Crippen MR) is 83.7 cm³/mol. The minimum atomic E-state index is -0.620. The van der Waals surface area contributed by atoms with Crippen LogP contribution in [0.4, 0.5) is 5.13 Å². The second-order valence-corrected chi connectivity index (χ2v) is 7.07. The van der Waals surface area contributed by atoms with Gasteiger partial charge in [0, 0.05) is 19.8 Å². The first kappa shape index (κ1) is 17.2. The molecule has 0 aliphatic rings. The molecule has 0 saturated carbocycles. The van der Waals surface area contributed by atoms with Gasteiger partial charge in [-0.2, -0.15) is 0 Å². The molecule has 114 valence electrons. The quantitative estimate of drug-likeness (QED) is 0.444. The maximum atomic E-state index is 11.7. The first-order valence-corrected chi connectivity index (χ1v) is 8.14. The smallest absolute Gasteiger partial charge is 0.325 e. The minimum absolute atomic E-state index is 0.226. The molecule has 20 heavy (non-hydrogen) atoms. The molecule has 1 heterocycles. The number of hydrogen-bond donors (Lipinski definition) is 1. The molecule has 0 aromatic carbocycles. The fraction of sp³-hybridized carbons (Fsp3) is 0.750. The lowest BCUT2D eigenvalue weighted by atomic mass is 9.97. The van der Waals surface area contributed by atoms with E-state index in [0.29, 0.717) is 0 Å². The number of likely N-dealkylation sites (N-methyl/N-ethyl adjacent to an activating group) is 1. The van der Waals surface area contributed by atoms with Crippen LogP contribution in [0.25, 0.3) is 0 Å². The molecule has 0 aliphatic carbocycles. The molecule has 0 fully saturated rings. The first-order chi connectivity index (χ1) is 9.42. The van der Waals surface area contributed by atoms with Gasteiger partial charge in [0.25, 0.3) is 0 Å². The Balaban J connectivity index is 2.38. The Kier molecular flexibility index (Phi) is 6.70. The number of anilines is 1. The second-order valence-electron chi connectivity index (χ2n) is 4.77. The lowest BCUT2D eigenvalue weighted by Crippen LogP contribution is -2.48. The molecule has 1 aromatic rings. The van der Waals surface area contributed by atoms with E-state index in [-0.39, 0.29) is 5.97 Å². The largest absolute Gasteiger partial charge is 0.468 e. The van der Waals surface area contributed by atoms with Gasteiger partial charge in [-0.05, 0) is 26.8 Å². The van der Waals surface area contributed by atoms with Crippen LogP contribution < -0.4 is 10.2 Å². The van der Waals surface area contributed by atoms with Crippen molar-refractivity contribution in [3.8, 4) is 0 Å². The number of nitrogens with one attached hydrogen (secondary N) is 1. The highest BCUT2D eigenvalue weighted by molar-refractivity contribution is 8.01. The molecule has 1 rings (SSSR count). The summed E-state index contributed by atoms with van der Waals surface area (Å²) >= 11 is 3.24. The normalized spacial score (nSPS) is 13.8. The third-order valence-corrected chi connectivity index (χ3v) is 5.32. The van der Waals surface area contributed by atoms with Gasteiger partial charge in [-0.1, -0.05) is 23.1 Å². The molecule has 1 N–H and O–H groups in total. The first-order valence-electron chi connectivity index (χ1n) is 6.34. The molecule has 0 bridgehead atoms. The molecule has 1 aromatic heterocycles. The molecule has 8 heteroatoms. The van der Waals surface area contributed by atoms with E-state index in [0.717, 1.165) is 28.1 Å². The van der Waals surface area contributed by atoms with Crippen molar-refractivity contribution >= 4 is 34.2 Å². The van der Waals surface area contributed by atoms with Crippen molar-refractivity contribution in [1.29, 1.82) is 0 Å². The van der Waals surface area contributed by atoms with E-state index in [1.807, 2.05) is 25.9 Å². The van der Waals surface area contributed by atoms with Crippen molar-refractivity contribution in [1.82, 2.24) is 15.5 Å². The van der Waals surface area contributed by atoms with Gasteiger partial charge in [0.05, 0.1) is 7.11 Å². The number of carbonyl (C=O) groups is 1. The summed E-state index contributed by atoms with van der Waals surface area (Å²) in [5.41, 5.74) is -0.620. The summed E-state index contributed by atoms with van der Waals surface area (Å²) in [5.74, 6) is 0.673. The van der Waals surface area contributed by atoms with Gasteiger partial charge >= 0.3 is 5.97 Å². The Morgan fingerprint density at radius 3 is 2.70 bits per heavy atom. The summed E-state index contributed by atoms with van der Waals surface area (Å²) in [4.78, 5) is 13.6. The molecule has 0 radical (unpaired) electrons. The number of hydrogen-bond acceptors (Lipinski definition) is 8. The zero-order valence-corrected chi connectivity index (χ0v) is 14.2. The Hall–Kier alpha value is -0.860. The molecular formula is C12H22N4O2S2. The summed E-state index contributed by atoms with van der Waals surface area (Å²) in [5, 5.41) is 12.1. The Labute approximate surface area is 128 Å². The maximum Gasteiger partial charge on any atom is 0.325 e. The molecule has 0 spiro atoms. The van der Waals surface area contributed by atoms with Gasteiger partial charge in [-0.25, -0.2) is 0 Å². The Morgan fingerprint density at radius 1 is 1.50 bits per heavy atom. The van der Waals surface area contributed by atoms with Gasteiger partial charge in [0.1, 0.15) is 5.54 Å². The minimum Gasteiger partial charge on any atom is -0.468 e. The van der Waals surface area contributed by atoms with E-state index in [2.05, 4.69) is 15.5 Å². The van der Waals surface area contributed by atoms with Crippen molar-refractivity contribution in [3.05, 3.63) is 0 Å². The van der Waals surface area contributed by atoms with Crippen LogP contribution in [0, 0.1) is 0 Å². The van der Waals surface area contributed by atoms with Crippen molar-refractivity contribution in [3.63, 3.8) is 0 Å². The summed E-state index contributed by atoms with van der Waals surface area (Å²) in [6.45, 7) is 1.86. The number of aromatic nitrogens is 2. The van der Waals surface area contributed by atoms with Crippen LogP contribution in [0.5, 0.6) is 0 Å². The van der Waals surface area contributed by atoms with E-state index >= 15 is 0 Å². The van der Waals surface area contributed by atoms with Crippen LogP contribution in [-0.4, -0.2) is 55.7 Å². The summed E-state index contributed by atoms with van der Waals surface area (Å²) < 4.78 is 5.77. The number of rotatable bonds is 8. The average Bonchev–Trinajstić information content (AvgIpc) is 2.91.